The van der Waals surface area contributed by atoms with E-state index in [0.29, 0.717) is 38.3 Å². The molecule has 2 aliphatic rings. The Morgan fingerprint density at radius 3 is 2.81 bits per heavy atom. The highest BCUT2D eigenvalue weighted by atomic mass is 32.2. The SMILES string of the molecule is O=C(NCCC1CCCCO1)c1cccc(S(=O)(=O)N2CCNCC2)c1. The number of nitrogens with zero attached hydrogens (tertiary/aromatic N) is 1. The van der Waals surface area contributed by atoms with Crippen LogP contribution in [0.1, 0.15) is 36.0 Å². The zero-order valence-corrected chi connectivity index (χ0v) is 15.8. The Kier molecular flexibility index (Phi) is 6.63. The minimum atomic E-state index is -3.56. The maximum Gasteiger partial charge on any atom is 0.251 e. The standard InChI is InChI=1S/C18H27N3O4S/c22-18(20-8-7-16-5-1-2-13-25-16)15-4-3-6-17(14-15)26(23,24)21-11-9-19-10-12-21/h3-4,6,14,16,19H,1-2,5,7-13H2,(H,20,22). The van der Waals surface area contributed by atoms with Crippen LogP contribution in [0.15, 0.2) is 29.2 Å². The van der Waals surface area contributed by atoms with Crippen molar-refractivity contribution in [2.75, 3.05) is 39.3 Å². The van der Waals surface area contributed by atoms with E-state index in [0.717, 1.165) is 25.9 Å². The molecular formula is C18H27N3O4S. The van der Waals surface area contributed by atoms with Gasteiger partial charge in [-0.3, -0.25) is 4.79 Å². The van der Waals surface area contributed by atoms with E-state index in [9.17, 15) is 13.2 Å². The average Bonchev–Trinajstić information content (AvgIpc) is 2.69. The molecule has 26 heavy (non-hydrogen) atoms. The Morgan fingerprint density at radius 1 is 1.27 bits per heavy atom. The van der Waals surface area contributed by atoms with Gasteiger partial charge in [-0.05, 0) is 43.9 Å². The van der Waals surface area contributed by atoms with Gasteiger partial charge in [0, 0.05) is 44.9 Å². The third-order valence-electron chi connectivity index (χ3n) is 4.84. The van der Waals surface area contributed by atoms with E-state index in [1.807, 2.05) is 0 Å². The normalized spacial score (nSPS) is 22.1. The van der Waals surface area contributed by atoms with E-state index in [-0.39, 0.29) is 16.9 Å². The highest BCUT2D eigenvalue weighted by Gasteiger charge is 2.26. The molecule has 1 amide bonds. The van der Waals surface area contributed by atoms with Crippen molar-refractivity contribution in [3.63, 3.8) is 0 Å². The van der Waals surface area contributed by atoms with Crippen molar-refractivity contribution in [2.45, 2.75) is 36.7 Å². The molecular weight excluding hydrogens is 354 g/mol. The number of hydrogen-bond acceptors (Lipinski definition) is 5. The van der Waals surface area contributed by atoms with Crippen molar-refractivity contribution >= 4 is 15.9 Å². The van der Waals surface area contributed by atoms with E-state index in [1.54, 1.807) is 18.2 Å². The zero-order valence-electron chi connectivity index (χ0n) is 14.9. The minimum Gasteiger partial charge on any atom is -0.378 e. The number of carbonyl (C=O) groups excluding carboxylic acids is 1. The summed E-state index contributed by atoms with van der Waals surface area (Å²) in [6.45, 7) is 3.49. The molecule has 8 heteroatoms. The van der Waals surface area contributed by atoms with Crippen molar-refractivity contribution in [1.29, 1.82) is 0 Å². The van der Waals surface area contributed by atoms with E-state index in [1.165, 1.54) is 16.8 Å². The van der Waals surface area contributed by atoms with Crippen molar-refractivity contribution in [1.82, 2.24) is 14.9 Å². The first-order valence-corrected chi connectivity index (χ1v) is 10.7. The first kappa shape index (κ1) is 19.3. The van der Waals surface area contributed by atoms with Crippen molar-refractivity contribution in [3.8, 4) is 0 Å². The predicted octanol–water partition coefficient (Wildman–Crippen LogP) is 0.970. The number of piperazine rings is 1. The monoisotopic (exact) mass is 381 g/mol. The topological polar surface area (TPSA) is 87.7 Å². The van der Waals surface area contributed by atoms with Gasteiger partial charge in [0.2, 0.25) is 10.0 Å². The number of carbonyl (C=O) groups is 1. The summed E-state index contributed by atoms with van der Waals surface area (Å²) in [4.78, 5) is 12.5. The molecule has 1 unspecified atom stereocenters. The van der Waals surface area contributed by atoms with Crippen LogP contribution in [0.5, 0.6) is 0 Å². The highest BCUT2D eigenvalue weighted by Crippen LogP contribution is 2.18. The molecule has 1 aromatic carbocycles. The van der Waals surface area contributed by atoms with Crippen molar-refractivity contribution < 1.29 is 17.9 Å². The number of amides is 1. The van der Waals surface area contributed by atoms with Crippen LogP contribution in [0.3, 0.4) is 0 Å². The van der Waals surface area contributed by atoms with Crippen molar-refractivity contribution in [3.05, 3.63) is 29.8 Å². The molecule has 2 heterocycles. The van der Waals surface area contributed by atoms with Crippen LogP contribution in [0.4, 0.5) is 0 Å². The molecule has 144 valence electrons. The smallest absolute Gasteiger partial charge is 0.251 e. The Labute approximate surface area is 155 Å². The molecule has 3 rings (SSSR count). The van der Waals surface area contributed by atoms with Gasteiger partial charge in [0.1, 0.15) is 0 Å². The molecule has 0 aromatic heterocycles. The number of benzene rings is 1. The number of sulfonamides is 1. The Hall–Kier alpha value is -1.48. The molecule has 2 fully saturated rings. The number of ether oxygens (including phenoxy) is 1. The molecule has 1 atom stereocenters. The van der Waals surface area contributed by atoms with Crippen LogP contribution < -0.4 is 10.6 Å². The quantitative estimate of drug-likeness (QED) is 0.767. The summed E-state index contributed by atoms with van der Waals surface area (Å²) in [6.07, 6.45) is 4.31. The van der Waals surface area contributed by atoms with Gasteiger partial charge in [-0.15, -0.1) is 0 Å². The Balaban J connectivity index is 1.59. The van der Waals surface area contributed by atoms with Crippen molar-refractivity contribution in [2.24, 2.45) is 0 Å². The first-order chi connectivity index (χ1) is 12.6. The van der Waals surface area contributed by atoms with Crippen LogP contribution in [0, 0.1) is 0 Å². The van der Waals surface area contributed by atoms with Crippen LogP contribution in [0.2, 0.25) is 0 Å². The van der Waals surface area contributed by atoms with Gasteiger partial charge in [0.05, 0.1) is 11.0 Å². The molecule has 0 radical (unpaired) electrons. The molecule has 2 aliphatic heterocycles. The third-order valence-corrected chi connectivity index (χ3v) is 6.73. The summed E-state index contributed by atoms with van der Waals surface area (Å²) in [5, 5.41) is 6.00. The van der Waals surface area contributed by atoms with Crippen LogP contribution in [0.25, 0.3) is 0 Å². The summed E-state index contributed by atoms with van der Waals surface area (Å²) >= 11 is 0. The fourth-order valence-corrected chi connectivity index (χ4v) is 4.80. The summed E-state index contributed by atoms with van der Waals surface area (Å²) in [6, 6.07) is 6.27. The van der Waals surface area contributed by atoms with Gasteiger partial charge in [-0.2, -0.15) is 4.31 Å². The fourth-order valence-electron chi connectivity index (χ4n) is 3.32. The van der Waals surface area contributed by atoms with Gasteiger partial charge in [-0.1, -0.05) is 6.07 Å². The van der Waals surface area contributed by atoms with Gasteiger partial charge in [-0.25, -0.2) is 8.42 Å². The lowest BCUT2D eigenvalue weighted by Crippen LogP contribution is -2.46. The summed E-state index contributed by atoms with van der Waals surface area (Å²) in [7, 11) is -3.56. The highest BCUT2D eigenvalue weighted by molar-refractivity contribution is 7.89. The second-order valence-corrected chi connectivity index (χ2v) is 8.65. The molecule has 1 aromatic rings. The van der Waals surface area contributed by atoms with E-state index < -0.39 is 10.0 Å². The molecule has 0 aliphatic carbocycles. The summed E-state index contributed by atoms with van der Waals surface area (Å²) < 4.78 is 32.6. The second-order valence-electron chi connectivity index (χ2n) is 6.72. The molecule has 7 nitrogen and oxygen atoms in total. The Morgan fingerprint density at radius 2 is 2.08 bits per heavy atom. The predicted molar refractivity (Wildman–Crippen MR) is 98.6 cm³/mol. The molecule has 0 saturated carbocycles. The maximum atomic E-state index is 12.7. The largest absolute Gasteiger partial charge is 0.378 e. The number of nitrogens with one attached hydrogen (secondary N) is 2. The number of hydrogen-bond donors (Lipinski definition) is 2. The van der Waals surface area contributed by atoms with Gasteiger partial charge in [0.15, 0.2) is 0 Å². The average molecular weight is 381 g/mol. The van der Waals surface area contributed by atoms with E-state index >= 15 is 0 Å². The zero-order chi connectivity index (χ0) is 18.4. The van der Waals surface area contributed by atoms with E-state index in [4.69, 9.17) is 4.74 Å². The van der Waals surface area contributed by atoms with E-state index in [2.05, 4.69) is 10.6 Å². The summed E-state index contributed by atoms with van der Waals surface area (Å²) in [5.41, 5.74) is 0.366. The lowest BCUT2D eigenvalue weighted by Gasteiger charge is -2.26. The molecule has 0 bridgehead atoms. The maximum absolute atomic E-state index is 12.7. The van der Waals surface area contributed by atoms with Gasteiger partial charge in [0.25, 0.3) is 5.91 Å². The lowest BCUT2D eigenvalue weighted by atomic mass is 10.1. The number of rotatable bonds is 6. The minimum absolute atomic E-state index is 0.169. The first-order valence-electron chi connectivity index (χ1n) is 9.28. The molecule has 2 N–H and O–H groups in total. The van der Waals surface area contributed by atoms with Gasteiger partial charge >= 0.3 is 0 Å². The lowest BCUT2D eigenvalue weighted by molar-refractivity contribution is 0.0117. The van der Waals surface area contributed by atoms with Crippen LogP contribution >= 0.6 is 0 Å². The molecule has 2 saturated heterocycles. The Bertz CT molecular complexity index is 711. The van der Waals surface area contributed by atoms with Crippen LogP contribution in [-0.2, 0) is 14.8 Å². The summed E-state index contributed by atoms with van der Waals surface area (Å²) in [5.74, 6) is -0.252. The second kappa shape index (κ2) is 8.94. The fraction of sp³-hybridized carbons (Fsp3) is 0.611. The molecule has 0 spiro atoms. The van der Waals surface area contributed by atoms with Crippen LogP contribution in [-0.4, -0.2) is 64.1 Å². The van der Waals surface area contributed by atoms with Gasteiger partial charge < -0.3 is 15.4 Å². The third kappa shape index (κ3) is 4.82.